The molecule has 1 N–H and O–H groups in total. The number of phenols is 1. The summed E-state index contributed by atoms with van der Waals surface area (Å²) < 4.78 is 0. The number of benzene rings is 3. The molecule has 148 valence electrons. The third-order valence-electron chi connectivity index (χ3n) is 5.79. The van der Waals surface area contributed by atoms with Crippen molar-refractivity contribution in [3.63, 3.8) is 0 Å². The van der Waals surface area contributed by atoms with E-state index in [0.717, 1.165) is 21.9 Å². The minimum absolute atomic E-state index is 0.134. The van der Waals surface area contributed by atoms with Gasteiger partial charge in [0.25, 0.3) is 11.8 Å². The molecular weight excluding hydrogens is 380 g/mol. The van der Waals surface area contributed by atoms with Crippen LogP contribution in [-0.2, 0) is 4.79 Å². The highest BCUT2D eigenvalue weighted by atomic mass is 16.3. The number of likely N-dealkylation sites (tertiary alicyclic amines) is 1. The van der Waals surface area contributed by atoms with Crippen molar-refractivity contribution in [3.8, 4) is 16.9 Å². The molecule has 0 bridgehead atoms. The van der Waals surface area contributed by atoms with Crippen LogP contribution in [0.2, 0.25) is 0 Å². The maximum Gasteiger partial charge on any atom is 0.261 e. The molecule has 3 aromatic rings. The maximum atomic E-state index is 13.0. The van der Waals surface area contributed by atoms with E-state index in [0.29, 0.717) is 24.2 Å². The van der Waals surface area contributed by atoms with E-state index in [-0.39, 0.29) is 29.5 Å². The molecule has 0 aromatic heterocycles. The van der Waals surface area contributed by atoms with Crippen LogP contribution in [0.4, 0.5) is 0 Å². The molecule has 0 radical (unpaired) electrons. The molecule has 3 amide bonds. The second-order valence-electron chi connectivity index (χ2n) is 7.56. The van der Waals surface area contributed by atoms with E-state index < -0.39 is 0 Å². The van der Waals surface area contributed by atoms with Crippen molar-refractivity contribution in [1.82, 2.24) is 9.80 Å². The number of hydrogen-bond acceptors (Lipinski definition) is 4. The summed E-state index contributed by atoms with van der Waals surface area (Å²) in [5, 5.41) is 12.0. The smallest absolute Gasteiger partial charge is 0.261 e. The number of hydrogen-bond donors (Lipinski definition) is 1. The molecule has 6 heteroatoms. The average molecular weight is 398 g/mol. The number of amides is 3. The van der Waals surface area contributed by atoms with E-state index in [1.54, 1.807) is 35.2 Å². The van der Waals surface area contributed by atoms with Gasteiger partial charge in [-0.2, -0.15) is 0 Å². The van der Waals surface area contributed by atoms with Crippen LogP contribution in [0.5, 0.6) is 5.75 Å². The third-order valence-corrected chi connectivity index (χ3v) is 5.79. The molecule has 1 fully saturated rings. The highest BCUT2D eigenvalue weighted by Crippen LogP contribution is 2.36. The molecule has 1 saturated heterocycles. The molecule has 2 aliphatic rings. The van der Waals surface area contributed by atoms with Gasteiger partial charge in [-0.3, -0.25) is 19.3 Å². The molecule has 0 atom stereocenters. The molecule has 0 saturated carbocycles. The zero-order valence-electron chi connectivity index (χ0n) is 16.0. The number of phenolic OH excluding ortho intramolecular Hbond substituents is 1. The first-order valence-electron chi connectivity index (χ1n) is 9.63. The predicted molar refractivity (Wildman–Crippen MR) is 112 cm³/mol. The first-order valence-corrected chi connectivity index (χ1v) is 9.63. The number of rotatable bonds is 3. The summed E-state index contributed by atoms with van der Waals surface area (Å²) in [6, 6.07) is 15.9. The Bertz CT molecular complexity index is 1260. The minimum atomic E-state index is -0.350. The number of nitrogens with zero attached hydrogens (tertiary/aromatic N) is 2. The second kappa shape index (κ2) is 6.56. The molecule has 30 heavy (non-hydrogen) atoms. The summed E-state index contributed by atoms with van der Waals surface area (Å²) in [6.45, 7) is 4.10. The van der Waals surface area contributed by atoms with E-state index in [9.17, 15) is 19.5 Å². The largest absolute Gasteiger partial charge is 0.508 e. The number of fused-ring (bicyclic) bond motifs is 2. The molecule has 3 aromatic carbocycles. The van der Waals surface area contributed by atoms with Crippen LogP contribution >= 0.6 is 0 Å². The lowest BCUT2D eigenvalue weighted by molar-refractivity contribution is -0.132. The van der Waals surface area contributed by atoms with Crippen molar-refractivity contribution < 1.29 is 19.5 Å². The zero-order chi connectivity index (χ0) is 21.0. The lowest BCUT2D eigenvalue weighted by atomic mass is 9.95. The minimum Gasteiger partial charge on any atom is -0.508 e. The van der Waals surface area contributed by atoms with Crippen LogP contribution in [0.15, 0.2) is 67.3 Å². The molecule has 5 rings (SSSR count). The first-order chi connectivity index (χ1) is 14.5. The van der Waals surface area contributed by atoms with E-state index in [2.05, 4.69) is 6.58 Å². The van der Waals surface area contributed by atoms with E-state index >= 15 is 0 Å². The normalized spacial score (nSPS) is 16.0. The van der Waals surface area contributed by atoms with Gasteiger partial charge >= 0.3 is 0 Å². The van der Waals surface area contributed by atoms with Crippen LogP contribution < -0.4 is 0 Å². The molecule has 0 unspecified atom stereocenters. The number of carbonyl (C=O) groups is 3. The van der Waals surface area contributed by atoms with Gasteiger partial charge in [-0.15, -0.1) is 0 Å². The van der Waals surface area contributed by atoms with Gasteiger partial charge in [0.15, 0.2) is 0 Å². The van der Waals surface area contributed by atoms with Gasteiger partial charge in [0.05, 0.1) is 17.2 Å². The van der Waals surface area contributed by atoms with Gasteiger partial charge in [-0.05, 0) is 52.2 Å². The zero-order valence-corrected chi connectivity index (χ0v) is 16.0. The van der Waals surface area contributed by atoms with Gasteiger partial charge in [0.2, 0.25) is 5.91 Å². The maximum absolute atomic E-state index is 13.0. The van der Waals surface area contributed by atoms with Gasteiger partial charge in [0, 0.05) is 13.1 Å². The monoisotopic (exact) mass is 398 g/mol. The van der Waals surface area contributed by atoms with Crippen LogP contribution in [0.1, 0.15) is 20.7 Å². The summed E-state index contributed by atoms with van der Waals surface area (Å²) in [6.07, 6.45) is 1.23. The molecule has 0 spiro atoms. The average Bonchev–Trinajstić information content (AvgIpc) is 2.96. The number of imide groups is 1. The Labute approximate surface area is 172 Å². The molecule has 2 heterocycles. The lowest BCUT2D eigenvalue weighted by Crippen LogP contribution is -2.62. The quantitative estimate of drug-likeness (QED) is 0.543. The topological polar surface area (TPSA) is 77.9 Å². The molecular formula is C24H18N2O4. The van der Waals surface area contributed by atoms with Crippen molar-refractivity contribution >= 4 is 28.5 Å². The van der Waals surface area contributed by atoms with Gasteiger partial charge in [-0.1, -0.05) is 36.9 Å². The summed E-state index contributed by atoms with van der Waals surface area (Å²) in [5.41, 5.74) is 2.25. The van der Waals surface area contributed by atoms with E-state index in [1.807, 2.05) is 24.3 Å². The Kier molecular flexibility index (Phi) is 3.96. The SMILES string of the molecule is C=CC(=O)N1CC(N2C(=O)c3ccc(-c4cc(O)cc5ccccc45)cc3C2=O)C1. The Balaban J connectivity index is 1.51. The molecule has 6 nitrogen and oxygen atoms in total. The Morgan fingerprint density at radius 1 is 0.967 bits per heavy atom. The van der Waals surface area contributed by atoms with Crippen LogP contribution in [0, 0.1) is 0 Å². The highest BCUT2D eigenvalue weighted by molar-refractivity contribution is 6.22. The van der Waals surface area contributed by atoms with Crippen molar-refractivity contribution in [2.45, 2.75) is 6.04 Å². The Morgan fingerprint density at radius 3 is 2.47 bits per heavy atom. The fourth-order valence-corrected chi connectivity index (χ4v) is 4.22. The molecule has 0 aliphatic carbocycles. The van der Waals surface area contributed by atoms with Gasteiger partial charge in [-0.25, -0.2) is 0 Å². The summed E-state index contributed by atoms with van der Waals surface area (Å²) in [4.78, 5) is 40.3. The number of aromatic hydroxyl groups is 1. The van der Waals surface area contributed by atoms with Crippen LogP contribution in [0.3, 0.4) is 0 Å². The standard InChI is InChI=1S/C24H18N2O4/c1-2-22(28)25-12-16(13-25)26-23(29)19-8-7-15(10-21(19)24(26)30)20-11-17(27)9-14-5-3-4-6-18(14)20/h2-11,16,27H,1,12-13H2. The van der Waals surface area contributed by atoms with Crippen molar-refractivity contribution in [2.24, 2.45) is 0 Å². The van der Waals surface area contributed by atoms with Crippen LogP contribution in [0.25, 0.3) is 21.9 Å². The highest BCUT2D eigenvalue weighted by Gasteiger charge is 2.45. The molecule has 2 aliphatic heterocycles. The van der Waals surface area contributed by atoms with E-state index in [4.69, 9.17) is 0 Å². The summed E-state index contributed by atoms with van der Waals surface area (Å²) >= 11 is 0. The third kappa shape index (κ3) is 2.61. The second-order valence-corrected chi connectivity index (χ2v) is 7.56. The number of carbonyl (C=O) groups excluding carboxylic acids is 3. The van der Waals surface area contributed by atoms with E-state index in [1.165, 1.54) is 11.0 Å². The first kappa shape index (κ1) is 18.1. The Morgan fingerprint density at radius 2 is 1.70 bits per heavy atom. The van der Waals surface area contributed by atoms with Gasteiger partial charge < -0.3 is 10.0 Å². The van der Waals surface area contributed by atoms with Crippen molar-refractivity contribution in [3.05, 3.63) is 78.4 Å². The lowest BCUT2D eigenvalue weighted by Gasteiger charge is -2.42. The summed E-state index contributed by atoms with van der Waals surface area (Å²) in [5.74, 6) is -0.759. The van der Waals surface area contributed by atoms with Gasteiger partial charge in [0.1, 0.15) is 5.75 Å². The fraction of sp³-hybridized carbons (Fsp3) is 0.125. The fourth-order valence-electron chi connectivity index (χ4n) is 4.22. The van der Waals surface area contributed by atoms with Crippen molar-refractivity contribution in [1.29, 1.82) is 0 Å². The summed E-state index contributed by atoms with van der Waals surface area (Å²) in [7, 11) is 0. The predicted octanol–water partition coefficient (Wildman–Crippen LogP) is 3.21. The van der Waals surface area contributed by atoms with Crippen LogP contribution in [-0.4, -0.2) is 51.8 Å². The van der Waals surface area contributed by atoms with Crippen molar-refractivity contribution in [2.75, 3.05) is 13.1 Å². The Hall–Kier alpha value is -3.93.